The van der Waals surface area contributed by atoms with E-state index in [2.05, 4.69) is 27.8 Å². The Hall–Kier alpha value is 0.440. The fourth-order valence-electron chi connectivity index (χ4n) is 2.87. The minimum Gasteiger partial charge on any atom is -1.00 e. The zero-order valence-electron chi connectivity index (χ0n) is 15.4. The quantitative estimate of drug-likeness (QED) is 0.309. The zero-order valence-corrected chi connectivity index (χ0v) is 17.0. The Bertz CT molecular complexity index is 190. The second-order valence-electron chi connectivity index (χ2n) is 6.86. The average Bonchev–Trinajstić information content (AvgIpc) is 2.48. The van der Waals surface area contributed by atoms with Crippen molar-refractivity contribution in [2.75, 3.05) is 26.7 Å². The van der Waals surface area contributed by atoms with E-state index in [0.29, 0.717) is 0 Å². The van der Waals surface area contributed by atoms with Crippen molar-refractivity contribution >= 4 is 0 Å². The number of nitrogens with zero attached hydrogens (tertiary/aromatic N) is 1. The molecule has 0 saturated carbocycles. The van der Waals surface area contributed by atoms with Gasteiger partial charge in [-0.25, -0.2) is 0 Å². The molecule has 0 atom stereocenters. The molecule has 0 aliphatic rings. The molecule has 1 nitrogen and oxygen atoms in total. The van der Waals surface area contributed by atoms with Gasteiger partial charge < -0.3 is 21.5 Å². The minimum absolute atomic E-state index is 0. The number of unbranched alkanes of at least 4 members (excludes halogenated alkanes) is 11. The lowest BCUT2D eigenvalue weighted by Gasteiger charge is -2.32. The molecular weight excluding hydrogens is 322 g/mol. The standard InChI is InChI=1S/C19H42N.BrH/c1-5-8-9-10-11-12-13-14-15-16-17-18-19-20(4,6-2)7-3;/h5-19H2,1-4H3;1H/q+1;/p-1. The van der Waals surface area contributed by atoms with Crippen LogP contribution in [0, 0.1) is 0 Å². The predicted octanol–water partition coefficient (Wildman–Crippen LogP) is 3.18. The highest BCUT2D eigenvalue weighted by atomic mass is 79.9. The molecule has 0 unspecified atom stereocenters. The van der Waals surface area contributed by atoms with Gasteiger partial charge in [0, 0.05) is 0 Å². The van der Waals surface area contributed by atoms with Crippen molar-refractivity contribution in [2.24, 2.45) is 0 Å². The van der Waals surface area contributed by atoms with E-state index in [1.807, 2.05) is 0 Å². The molecule has 0 aromatic carbocycles. The van der Waals surface area contributed by atoms with Crippen molar-refractivity contribution in [3.05, 3.63) is 0 Å². The van der Waals surface area contributed by atoms with Gasteiger partial charge in [-0.05, 0) is 26.7 Å². The largest absolute Gasteiger partial charge is 1.00 e. The Labute approximate surface area is 146 Å². The molecule has 0 bridgehead atoms. The van der Waals surface area contributed by atoms with Crippen LogP contribution < -0.4 is 17.0 Å². The van der Waals surface area contributed by atoms with Crippen LogP contribution in [0.3, 0.4) is 0 Å². The first kappa shape index (κ1) is 23.7. The summed E-state index contributed by atoms with van der Waals surface area (Å²) in [6.07, 6.45) is 17.4. The van der Waals surface area contributed by atoms with Crippen molar-refractivity contribution in [3.63, 3.8) is 0 Å². The maximum atomic E-state index is 2.40. The van der Waals surface area contributed by atoms with Crippen LogP contribution in [0.25, 0.3) is 0 Å². The molecule has 0 aliphatic heterocycles. The smallest absolute Gasteiger partial charge is 0.0784 e. The van der Waals surface area contributed by atoms with E-state index in [1.165, 1.54) is 101 Å². The van der Waals surface area contributed by atoms with Gasteiger partial charge >= 0.3 is 0 Å². The number of quaternary nitrogens is 1. The lowest BCUT2D eigenvalue weighted by molar-refractivity contribution is -0.906. The summed E-state index contributed by atoms with van der Waals surface area (Å²) in [5, 5.41) is 0. The van der Waals surface area contributed by atoms with Gasteiger partial charge in [0.2, 0.25) is 0 Å². The van der Waals surface area contributed by atoms with Crippen molar-refractivity contribution in [2.45, 2.75) is 97.8 Å². The second-order valence-corrected chi connectivity index (χ2v) is 6.86. The predicted molar refractivity (Wildman–Crippen MR) is 93.2 cm³/mol. The van der Waals surface area contributed by atoms with Crippen molar-refractivity contribution in [3.8, 4) is 0 Å². The van der Waals surface area contributed by atoms with E-state index in [9.17, 15) is 0 Å². The lowest BCUT2D eigenvalue weighted by Crippen LogP contribution is -3.00. The number of halogens is 1. The highest BCUT2D eigenvalue weighted by Gasteiger charge is 2.14. The number of rotatable bonds is 15. The van der Waals surface area contributed by atoms with Crippen LogP contribution in [0.1, 0.15) is 97.8 Å². The zero-order chi connectivity index (χ0) is 15.1. The van der Waals surface area contributed by atoms with Crippen LogP contribution in [0.15, 0.2) is 0 Å². The van der Waals surface area contributed by atoms with E-state index < -0.39 is 0 Å². The maximum absolute atomic E-state index is 2.40. The summed E-state index contributed by atoms with van der Waals surface area (Å²) in [4.78, 5) is 0. The highest BCUT2D eigenvalue weighted by molar-refractivity contribution is 4.48. The molecule has 0 fully saturated rings. The second kappa shape index (κ2) is 16.8. The first-order valence-corrected chi connectivity index (χ1v) is 9.52. The molecule has 0 aromatic rings. The van der Waals surface area contributed by atoms with Gasteiger partial charge in [-0.2, -0.15) is 0 Å². The van der Waals surface area contributed by atoms with Crippen LogP contribution in [0.2, 0.25) is 0 Å². The minimum atomic E-state index is 0. The first-order valence-electron chi connectivity index (χ1n) is 9.52. The summed E-state index contributed by atoms with van der Waals surface area (Å²) >= 11 is 0. The summed E-state index contributed by atoms with van der Waals surface area (Å²) in [6.45, 7) is 10.9. The third-order valence-corrected chi connectivity index (χ3v) is 5.08. The van der Waals surface area contributed by atoms with E-state index >= 15 is 0 Å². The van der Waals surface area contributed by atoms with Gasteiger partial charge in [0.25, 0.3) is 0 Å². The molecule has 130 valence electrons. The van der Waals surface area contributed by atoms with E-state index in [-0.39, 0.29) is 17.0 Å². The molecule has 0 amide bonds. The van der Waals surface area contributed by atoms with Crippen LogP contribution in [-0.2, 0) is 0 Å². The molecular formula is C19H42BrN. The van der Waals surface area contributed by atoms with Crippen LogP contribution in [0.5, 0.6) is 0 Å². The fourth-order valence-corrected chi connectivity index (χ4v) is 2.87. The highest BCUT2D eigenvalue weighted by Crippen LogP contribution is 2.13. The first-order chi connectivity index (χ1) is 9.68. The van der Waals surface area contributed by atoms with Gasteiger partial charge in [0.05, 0.1) is 26.7 Å². The molecule has 0 saturated heterocycles. The van der Waals surface area contributed by atoms with Crippen molar-refractivity contribution < 1.29 is 21.5 Å². The molecule has 0 radical (unpaired) electrons. The third-order valence-electron chi connectivity index (χ3n) is 5.08. The summed E-state index contributed by atoms with van der Waals surface area (Å²) in [6, 6.07) is 0. The third kappa shape index (κ3) is 15.1. The average molecular weight is 364 g/mol. The molecule has 2 heteroatoms. The monoisotopic (exact) mass is 363 g/mol. The maximum Gasteiger partial charge on any atom is 0.0784 e. The van der Waals surface area contributed by atoms with Crippen LogP contribution in [0.4, 0.5) is 0 Å². The molecule has 21 heavy (non-hydrogen) atoms. The van der Waals surface area contributed by atoms with E-state index in [4.69, 9.17) is 0 Å². The van der Waals surface area contributed by atoms with Gasteiger partial charge in [-0.15, -0.1) is 0 Å². The van der Waals surface area contributed by atoms with Crippen molar-refractivity contribution in [1.29, 1.82) is 0 Å². The number of hydrogen-bond acceptors (Lipinski definition) is 0. The van der Waals surface area contributed by atoms with Gasteiger partial charge in [0.15, 0.2) is 0 Å². The summed E-state index contributed by atoms with van der Waals surface area (Å²) in [7, 11) is 2.40. The Morgan fingerprint density at radius 3 is 1.19 bits per heavy atom. The SMILES string of the molecule is CCCCCCCCCCCCCC[N+](C)(CC)CC.[Br-]. The molecule has 0 spiro atoms. The molecule has 0 N–H and O–H groups in total. The summed E-state index contributed by atoms with van der Waals surface area (Å²) < 4.78 is 1.26. The van der Waals surface area contributed by atoms with Gasteiger partial charge in [-0.1, -0.05) is 71.1 Å². The Kier molecular flexibility index (Phi) is 19.0. The molecule has 0 aromatic heterocycles. The summed E-state index contributed by atoms with van der Waals surface area (Å²) in [5.74, 6) is 0. The normalized spacial score (nSPS) is 11.4. The molecule has 0 heterocycles. The Balaban J connectivity index is 0. The Morgan fingerprint density at radius 2 is 0.857 bits per heavy atom. The van der Waals surface area contributed by atoms with E-state index in [1.54, 1.807) is 0 Å². The van der Waals surface area contributed by atoms with E-state index in [0.717, 1.165) is 0 Å². The fraction of sp³-hybridized carbons (Fsp3) is 1.00. The van der Waals surface area contributed by atoms with Crippen LogP contribution >= 0.6 is 0 Å². The molecule has 0 aliphatic carbocycles. The molecule has 0 rings (SSSR count). The van der Waals surface area contributed by atoms with Crippen molar-refractivity contribution in [1.82, 2.24) is 0 Å². The van der Waals surface area contributed by atoms with Gasteiger partial charge in [-0.3, -0.25) is 0 Å². The topological polar surface area (TPSA) is 0 Å². The Morgan fingerprint density at radius 1 is 0.524 bits per heavy atom. The van der Waals surface area contributed by atoms with Gasteiger partial charge in [0.1, 0.15) is 0 Å². The number of hydrogen-bond donors (Lipinski definition) is 0. The lowest BCUT2D eigenvalue weighted by atomic mass is 10.1. The summed E-state index contributed by atoms with van der Waals surface area (Å²) in [5.41, 5.74) is 0. The van der Waals surface area contributed by atoms with Crippen LogP contribution in [-0.4, -0.2) is 31.2 Å².